The molecule has 3 rings (SSSR count). The zero-order chi connectivity index (χ0) is 18.4. The van der Waals surface area contributed by atoms with E-state index in [1.807, 2.05) is 37.3 Å². The number of ether oxygens (including phenoxy) is 2. The van der Waals surface area contributed by atoms with Crippen molar-refractivity contribution < 1.29 is 19.4 Å². The molecule has 1 amide bonds. The van der Waals surface area contributed by atoms with E-state index in [-0.39, 0.29) is 32.1 Å². The first kappa shape index (κ1) is 18.4. The molecule has 1 aliphatic heterocycles. The second kappa shape index (κ2) is 8.29. The molecule has 1 unspecified atom stereocenters. The number of benzene rings is 1. The minimum absolute atomic E-state index is 0.0579. The number of amides is 1. The summed E-state index contributed by atoms with van der Waals surface area (Å²) < 4.78 is 11.3. The second-order valence-corrected chi connectivity index (χ2v) is 6.74. The van der Waals surface area contributed by atoms with Crippen molar-refractivity contribution in [2.24, 2.45) is 0 Å². The molecule has 6 heteroatoms. The minimum Gasteiger partial charge on any atom is -0.490 e. The summed E-state index contributed by atoms with van der Waals surface area (Å²) in [6, 6.07) is 11.3. The summed E-state index contributed by atoms with van der Waals surface area (Å²) >= 11 is 0. The lowest BCUT2D eigenvalue weighted by Gasteiger charge is -2.30. The highest BCUT2D eigenvalue weighted by Crippen LogP contribution is 2.18. The lowest BCUT2D eigenvalue weighted by Crippen LogP contribution is -2.50. The fourth-order valence-corrected chi connectivity index (χ4v) is 2.93. The van der Waals surface area contributed by atoms with E-state index < -0.39 is 5.60 Å². The van der Waals surface area contributed by atoms with Gasteiger partial charge >= 0.3 is 0 Å². The maximum absolute atomic E-state index is 12.6. The summed E-state index contributed by atoms with van der Waals surface area (Å²) in [6.45, 7) is 3.20. The molecule has 1 N–H and O–H groups in total. The van der Waals surface area contributed by atoms with E-state index in [4.69, 9.17) is 9.47 Å². The molecule has 0 radical (unpaired) electrons. The summed E-state index contributed by atoms with van der Waals surface area (Å²) in [7, 11) is 0. The zero-order valence-electron chi connectivity index (χ0n) is 14.9. The largest absolute Gasteiger partial charge is 0.490 e. The third-order valence-electron chi connectivity index (χ3n) is 4.29. The Bertz CT molecular complexity index is 738. The molecule has 0 aliphatic carbocycles. The SMILES string of the molecule is Cc1cccc(OCC2(O)COCCN(C(=O)Cc3cccnc3)C2)c1. The number of aryl methyl sites for hydroxylation is 1. The van der Waals surface area contributed by atoms with Crippen LogP contribution in [0.25, 0.3) is 0 Å². The molecule has 1 saturated heterocycles. The molecule has 1 aromatic carbocycles. The topological polar surface area (TPSA) is 71.9 Å². The lowest BCUT2D eigenvalue weighted by atomic mass is 10.1. The van der Waals surface area contributed by atoms with Gasteiger partial charge in [0.2, 0.25) is 5.91 Å². The summed E-state index contributed by atoms with van der Waals surface area (Å²) in [4.78, 5) is 18.3. The van der Waals surface area contributed by atoms with Crippen molar-refractivity contribution in [1.82, 2.24) is 9.88 Å². The number of nitrogens with zero attached hydrogens (tertiary/aromatic N) is 2. The first-order valence-corrected chi connectivity index (χ1v) is 8.70. The minimum atomic E-state index is -1.25. The number of hydrogen-bond donors (Lipinski definition) is 1. The molecule has 0 saturated carbocycles. The van der Waals surface area contributed by atoms with Crippen LogP contribution in [0.5, 0.6) is 5.75 Å². The van der Waals surface area contributed by atoms with E-state index in [2.05, 4.69) is 4.98 Å². The first-order chi connectivity index (χ1) is 12.5. The summed E-state index contributed by atoms with van der Waals surface area (Å²) in [5, 5.41) is 10.9. The molecular weight excluding hydrogens is 332 g/mol. The molecule has 1 fully saturated rings. The van der Waals surface area contributed by atoms with Crippen molar-refractivity contribution >= 4 is 5.91 Å². The molecule has 138 valence electrons. The number of carbonyl (C=O) groups is 1. The van der Waals surface area contributed by atoms with E-state index >= 15 is 0 Å². The van der Waals surface area contributed by atoms with Gasteiger partial charge < -0.3 is 19.5 Å². The van der Waals surface area contributed by atoms with Gasteiger partial charge in [-0.15, -0.1) is 0 Å². The number of β-amino-alcohol motifs (C(OH)–C–C–N with tert-alkyl or cyclic N) is 1. The Balaban J connectivity index is 1.63. The summed E-state index contributed by atoms with van der Waals surface area (Å²) in [5.74, 6) is 0.633. The van der Waals surface area contributed by atoms with E-state index in [1.165, 1.54) is 0 Å². The molecule has 26 heavy (non-hydrogen) atoms. The van der Waals surface area contributed by atoms with Gasteiger partial charge in [-0.1, -0.05) is 18.2 Å². The highest BCUT2D eigenvalue weighted by atomic mass is 16.5. The van der Waals surface area contributed by atoms with Crippen LogP contribution < -0.4 is 4.74 Å². The Labute approximate surface area is 153 Å². The zero-order valence-corrected chi connectivity index (χ0v) is 14.9. The Morgan fingerprint density at radius 2 is 2.27 bits per heavy atom. The number of aromatic nitrogens is 1. The average Bonchev–Trinajstić information content (AvgIpc) is 2.83. The van der Waals surface area contributed by atoms with Crippen LogP contribution in [0.3, 0.4) is 0 Å². The van der Waals surface area contributed by atoms with Gasteiger partial charge in [-0.3, -0.25) is 9.78 Å². The number of hydrogen-bond acceptors (Lipinski definition) is 5. The Morgan fingerprint density at radius 1 is 1.38 bits per heavy atom. The molecule has 1 atom stereocenters. The summed E-state index contributed by atoms with van der Waals surface area (Å²) in [6.07, 6.45) is 3.61. The van der Waals surface area contributed by atoms with Gasteiger partial charge in [0.25, 0.3) is 0 Å². The molecule has 0 spiro atoms. The van der Waals surface area contributed by atoms with Gasteiger partial charge in [0.15, 0.2) is 0 Å². The Morgan fingerprint density at radius 3 is 3.04 bits per heavy atom. The van der Waals surface area contributed by atoms with Gasteiger partial charge in [-0.05, 0) is 36.2 Å². The van der Waals surface area contributed by atoms with Crippen LogP contribution in [0.15, 0.2) is 48.8 Å². The third-order valence-corrected chi connectivity index (χ3v) is 4.29. The molecule has 0 bridgehead atoms. The predicted octanol–water partition coefficient (Wildman–Crippen LogP) is 1.60. The third kappa shape index (κ3) is 5.03. The van der Waals surface area contributed by atoms with Gasteiger partial charge in [0.1, 0.15) is 18.0 Å². The highest BCUT2D eigenvalue weighted by Gasteiger charge is 2.35. The van der Waals surface area contributed by atoms with Crippen molar-refractivity contribution in [3.05, 3.63) is 59.9 Å². The monoisotopic (exact) mass is 356 g/mol. The number of pyridine rings is 1. The quantitative estimate of drug-likeness (QED) is 0.881. The smallest absolute Gasteiger partial charge is 0.227 e. The summed E-state index contributed by atoms with van der Waals surface area (Å²) in [5.41, 5.74) is 0.687. The van der Waals surface area contributed by atoms with Gasteiger partial charge in [-0.25, -0.2) is 0 Å². The fraction of sp³-hybridized carbons (Fsp3) is 0.400. The molecule has 1 aliphatic rings. The van der Waals surface area contributed by atoms with E-state index in [0.29, 0.717) is 18.9 Å². The van der Waals surface area contributed by atoms with E-state index in [1.54, 1.807) is 23.4 Å². The van der Waals surface area contributed by atoms with Crippen LogP contribution >= 0.6 is 0 Å². The first-order valence-electron chi connectivity index (χ1n) is 8.70. The van der Waals surface area contributed by atoms with Crippen LogP contribution in [-0.4, -0.2) is 59.4 Å². The van der Waals surface area contributed by atoms with Gasteiger partial charge in [0.05, 0.1) is 26.2 Å². The van der Waals surface area contributed by atoms with Crippen molar-refractivity contribution in [2.45, 2.75) is 18.9 Å². The maximum atomic E-state index is 12.6. The van der Waals surface area contributed by atoms with Crippen molar-refractivity contribution in [3.8, 4) is 5.75 Å². The number of aliphatic hydroxyl groups is 1. The van der Waals surface area contributed by atoms with Crippen molar-refractivity contribution in [2.75, 3.05) is 32.9 Å². The fourth-order valence-electron chi connectivity index (χ4n) is 2.93. The number of rotatable bonds is 5. The van der Waals surface area contributed by atoms with Gasteiger partial charge in [-0.2, -0.15) is 0 Å². The van der Waals surface area contributed by atoms with E-state index in [9.17, 15) is 9.90 Å². The lowest BCUT2D eigenvalue weighted by molar-refractivity contribution is -0.134. The predicted molar refractivity (Wildman–Crippen MR) is 97.0 cm³/mol. The van der Waals surface area contributed by atoms with Crippen molar-refractivity contribution in [1.29, 1.82) is 0 Å². The molecule has 6 nitrogen and oxygen atoms in total. The number of carbonyl (C=O) groups excluding carboxylic acids is 1. The molecule has 1 aromatic heterocycles. The normalized spacial score (nSPS) is 20.5. The second-order valence-electron chi connectivity index (χ2n) is 6.74. The average molecular weight is 356 g/mol. The highest BCUT2D eigenvalue weighted by molar-refractivity contribution is 5.78. The van der Waals surface area contributed by atoms with Crippen LogP contribution in [0.2, 0.25) is 0 Å². The van der Waals surface area contributed by atoms with Crippen molar-refractivity contribution in [3.63, 3.8) is 0 Å². The Hall–Kier alpha value is -2.44. The van der Waals surface area contributed by atoms with Crippen LogP contribution in [0, 0.1) is 6.92 Å². The maximum Gasteiger partial charge on any atom is 0.227 e. The molecular formula is C20H24N2O4. The van der Waals surface area contributed by atoms with Crippen LogP contribution in [-0.2, 0) is 16.0 Å². The van der Waals surface area contributed by atoms with Crippen LogP contribution in [0.1, 0.15) is 11.1 Å². The molecule has 2 heterocycles. The Kier molecular flexibility index (Phi) is 5.85. The van der Waals surface area contributed by atoms with Gasteiger partial charge in [0, 0.05) is 18.9 Å². The van der Waals surface area contributed by atoms with Crippen LogP contribution in [0.4, 0.5) is 0 Å². The molecule has 2 aromatic rings. The standard InChI is InChI=1S/C20H24N2O4/c1-16-4-2-6-18(10-16)26-15-20(24)13-22(8-9-25-14-20)19(23)11-17-5-3-7-21-12-17/h2-7,10,12,24H,8-9,11,13-15H2,1H3. The van der Waals surface area contributed by atoms with E-state index in [0.717, 1.165) is 11.1 Å².